The quantitative estimate of drug-likeness (QED) is 0.251. The van der Waals surface area contributed by atoms with E-state index in [-0.39, 0.29) is 28.5 Å². The number of benzene rings is 2. The second kappa shape index (κ2) is 10.3. The number of anilines is 2. The molecule has 4 N–H and O–H groups in total. The number of nitrogens with zero attached hydrogens (tertiary/aromatic N) is 3. The molecule has 0 aliphatic heterocycles. The molecule has 4 aliphatic carbocycles. The van der Waals surface area contributed by atoms with E-state index in [0.717, 1.165) is 19.3 Å². The molecule has 4 saturated carbocycles. The number of methoxy groups -OCH3 is 1. The van der Waals surface area contributed by atoms with E-state index in [9.17, 15) is 9.59 Å². The Kier molecular flexibility index (Phi) is 6.48. The van der Waals surface area contributed by atoms with Gasteiger partial charge in [0.1, 0.15) is 17.1 Å². The minimum Gasteiger partial charge on any atom is -0.496 e. The number of carbonyl (C=O) groups excluding carboxylic acids is 2. The second-order valence-corrected chi connectivity index (χ2v) is 12.3. The SMILES string of the molecule is COc1cc2nccc(Oc3ccc(Nc4nn(C)cc4C(=O)NC45CC6CC(CC(C6)C4)C5)cc3F)c2cc1C(N)=O. The van der Waals surface area contributed by atoms with Crippen LogP contribution in [0, 0.1) is 23.6 Å². The van der Waals surface area contributed by atoms with E-state index < -0.39 is 11.7 Å². The van der Waals surface area contributed by atoms with Gasteiger partial charge in [0, 0.05) is 48.2 Å². The first kappa shape index (κ1) is 27.2. The van der Waals surface area contributed by atoms with Crippen LogP contribution in [0.1, 0.15) is 59.2 Å². The van der Waals surface area contributed by atoms with Crippen LogP contribution >= 0.6 is 0 Å². The lowest BCUT2D eigenvalue weighted by Gasteiger charge is -2.56. The van der Waals surface area contributed by atoms with Crippen LogP contribution in [0.5, 0.6) is 17.2 Å². The Hall–Kier alpha value is -4.67. The summed E-state index contributed by atoms with van der Waals surface area (Å²) in [6.07, 6.45) is 10.2. The van der Waals surface area contributed by atoms with Gasteiger partial charge >= 0.3 is 0 Å². The number of amides is 2. The van der Waals surface area contributed by atoms with Gasteiger partial charge in [0.25, 0.3) is 11.8 Å². The summed E-state index contributed by atoms with van der Waals surface area (Å²) in [5, 5.41) is 11.4. The lowest BCUT2D eigenvalue weighted by molar-refractivity contribution is -0.0166. The molecule has 2 aromatic carbocycles. The van der Waals surface area contributed by atoms with E-state index in [1.165, 1.54) is 50.8 Å². The van der Waals surface area contributed by atoms with Gasteiger partial charge < -0.3 is 25.8 Å². The van der Waals surface area contributed by atoms with Crippen LogP contribution in [0.15, 0.2) is 48.8 Å². The van der Waals surface area contributed by atoms with Crippen molar-refractivity contribution in [3.63, 3.8) is 0 Å². The average molecular weight is 585 g/mol. The molecule has 2 aromatic heterocycles. The molecule has 43 heavy (non-hydrogen) atoms. The van der Waals surface area contributed by atoms with Gasteiger partial charge in [-0.15, -0.1) is 0 Å². The fraction of sp³-hybridized carbons (Fsp3) is 0.375. The molecule has 222 valence electrons. The zero-order valence-corrected chi connectivity index (χ0v) is 24.0. The maximum atomic E-state index is 15.3. The van der Waals surface area contributed by atoms with Gasteiger partial charge in [-0.1, -0.05) is 0 Å². The monoisotopic (exact) mass is 584 g/mol. The zero-order valence-electron chi connectivity index (χ0n) is 24.0. The molecule has 11 heteroatoms. The molecule has 0 radical (unpaired) electrons. The molecule has 4 fully saturated rings. The number of rotatable bonds is 8. The van der Waals surface area contributed by atoms with Crippen molar-refractivity contribution in [2.75, 3.05) is 12.4 Å². The van der Waals surface area contributed by atoms with Crippen molar-refractivity contribution in [3.8, 4) is 17.2 Å². The first-order valence-corrected chi connectivity index (χ1v) is 14.6. The number of pyridine rings is 1. The van der Waals surface area contributed by atoms with Crippen LogP contribution in [-0.2, 0) is 7.05 Å². The van der Waals surface area contributed by atoms with Crippen LogP contribution in [0.3, 0.4) is 0 Å². The smallest absolute Gasteiger partial charge is 0.257 e. The third-order valence-electron chi connectivity index (χ3n) is 9.19. The lowest BCUT2D eigenvalue weighted by atomic mass is 9.53. The van der Waals surface area contributed by atoms with E-state index in [1.807, 2.05) is 0 Å². The Balaban J connectivity index is 1.10. The first-order valence-electron chi connectivity index (χ1n) is 14.6. The Morgan fingerprint density at radius 3 is 2.37 bits per heavy atom. The minimum absolute atomic E-state index is 0.0321. The molecule has 8 rings (SSSR count). The number of fused-ring (bicyclic) bond motifs is 1. The van der Waals surface area contributed by atoms with Gasteiger partial charge in [-0.05, 0) is 80.5 Å². The minimum atomic E-state index is -0.671. The zero-order chi connectivity index (χ0) is 29.9. The van der Waals surface area contributed by atoms with Crippen molar-refractivity contribution >= 4 is 34.2 Å². The van der Waals surface area contributed by atoms with Gasteiger partial charge in [-0.3, -0.25) is 19.3 Å². The summed E-state index contributed by atoms with van der Waals surface area (Å²) >= 11 is 0. The van der Waals surface area contributed by atoms with Crippen LogP contribution in [0.2, 0.25) is 0 Å². The van der Waals surface area contributed by atoms with Crippen LogP contribution in [0.25, 0.3) is 10.9 Å². The number of halogens is 1. The largest absolute Gasteiger partial charge is 0.496 e. The summed E-state index contributed by atoms with van der Waals surface area (Å²) in [6, 6.07) is 9.09. The Bertz CT molecular complexity index is 1730. The van der Waals surface area contributed by atoms with Crippen molar-refractivity contribution in [1.82, 2.24) is 20.1 Å². The van der Waals surface area contributed by atoms with Gasteiger partial charge in [-0.25, -0.2) is 4.39 Å². The molecule has 4 aromatic rings. The Morgan fingerprint density at radius 1 is 1.00 bits per heavy atom. The number of nitrogens with two attached hydrogens (primary N) is 1. The molecule has 0 atom stereocenters. The van der Waals surface area contributed by atoms with Crippen molar-refractivity contribution in [2.24, 2.45) is 30.5 Å². The molecule has 4 bridgehead atoms. The fourth-order valence-corrected chi connectivity index (χ4v) is 7.83. The lowest BCUT2D eigenvalue weighted by Crippen LogP contribution is -2.59. The highest BCUT2D eigenvalue weighted by Gasteiger charge is 2.51. The molecular weight excluding hydrogens is 551 g/mol. The summed E-state index contributed by atoms with van der Waals surface area (Å²) in [6.45, 7) is 0. The number of carbonyl (C=O) groups is 2. The fourth-order valence-electron chi connectivity index (χ4n) is 7.83. The van der Waals surface area contributed by atoms with Crippen molar-refractivity contribution in [3.05, 3.63) is 65.7 Å². The Morgan fingerprint density at radius 2 is 1.72 bits per heavy atom. The number of hydrogen-bond acceptors (Lipinski definition) is 7. The van der Waals surface area contributed by atoms with Gasteiger partial charge in [0.2, 0.25) is 0 Å². The third-order valence-corrected chi connectivity index (χ3v) is 9.19. The third kappa shape index (κ3) is 5.02. The van der Waals surface area contributed by atoms with Crippen LogP contribution < -0.4 is 25.8 Å². The van der Waals surface area contributed by atoms with Crippen molar-refractivity contribution in [1.29, 1.82) is 0 Å². The highest BCUT2D eigenvalue weighted by molar-refractivity contribution is 6.01. The molecule has 0 unspecified atom stereocenters. The highest BCUT2D eigenvalue weighted by Crippen LogP contribution is 2.55. The van der Waals surface area contributed by atoms with Gasteiger partial charge in [0.15, 0.2) is 17.4 Å². The molecule has 0 spiro atoms. The van der Waals surface area contributed by atoms with Gasteiger partial charge in [0.05, 0.1) is 18.2 Å². The molecule has 10 nitrogen and oxygen atoms in total. The molecule has 2 amide bonds. The number of aromatic nitrogens is 3. The molecular formula is C32H33FN6O4. The van der Waals surface area contributed by atoms with E-state index in [1.54, 1.807) is 36.1 Å². The highest BCUT2D eigenvalue weighted by atomic mass is 19.1. The summed E-state index contributed by atoms with van der Waals surface area (Å²) in [5.74, 6) is 1.56. The summed E-state index contributed by atoms with van der Waals surface area (Å²) < 4.78 is 28.1. The summed E-state index contributed by atoms with van der Waals surface area (Å²) in [4.78, 5) is 29.8. The average Bonchev–Trinajstić information content (AvgIpc) is 3.32. The Labute approximate surface area is 247 Å². The predicted octanol–water partition coefficient (Wildman–Crippen LogP) is 5.45. The van der Waals surface area contributed by atoms with E-state index >= 15 is 4.39 Å². The van der Waals surface area contributed by atoms with E-state index in [0.29, 0.717) is 51.5 Å². The van der Waals surface area contributed by atoms with Crippen LogP contribution in [0.4, 0.5) is 15.9 Å². The van der Waals surface area contributed by atoms with E-state index in [2.05, 4.69) is 20.7 Å². The van der Waals surface area contributed by atoms with Crippen molar-refractivity contribution in [2.45, 2.75) is 44.1 Å². The standard InChI is InChI=1S/C32H33FN6O4/c1-39-16-23(31(41)37-32-13-17-7-18(14-32)9-19(8-17)15-32)30(38-39)36-20-3-4-27(24(33)10-20)43-26-5-6-35-25-12-28(42-2)22(29(34)40)11-21(25)26/h3-6,10-12,16-19H,7-9,13-15H2,1-2H3,(H2,34,40)(H,36,38)(H,37,41). The maximum absolute atomic E-state index is 15.3. The van der Waals surface area contributed by atoms with Crippen molar-refractivity contribution < 1.29 is 23.5 Å². The summed E-state index contributed by atoms with van der Waals surface area (Å²) in [7, 11) is 3.19. The topological polar surface area (TPSA) is 133 Å². The number of aryl methyl sites for hydroxylation is 1. The second-order valence-electron chi connectivity index (χ2n) is 12.3. The number of ether oxygens (including phenoxy) is 2. The van der Waals surface area contributed by atoms with E-state index in [4.69, 9.17) is 15.2 Å². The molecule has 2 heterocycles. The molecule has 4 aliphatic rings. The van der Waals surface area contributed by atoms with Gasteiger partial charge in [-0.2, -0.15) is 5.10 Å². The summed E-state index contributed by atoms with van der Waals surface area (Å²) in [5.41, 5.74) is 6.86. The van der Waals surface area contributed by atoms with Crippen LogP contribution in [-0.4, -0.2) is 39.2 Å². The normalized spacial score (nSPS) is 23.7. The predicted molar refractivity (Wildman–Crippen MR) is 158 cm³/mol. The first-order chi connectivity index (χ1) is 20.7. The number of hydrogen-bond donors (Lipinski definition) is 3. The number of primary amides is 1. The molecule has 0 saturated heterocycles. The number of nitrogens with one attached hydrogen (secondary N) is 2. The maximum Gasteiger partial charge on any atom is 0.257 e.